The van der Waals surface area contributed by atoms with Crippen LogP contribution in [0.1, 0.15) is 28.8 Å². The van der Waals surface area contributed by atoms with Crippen LogP contribution < -0.4 is 11.3 Å². The van der Waals surface area contributed by atoms with Gasteiger partial charge in [-0.2, -0.15) is 0 Å². The van der Waals surface area contributed by atoms with E-state index in [-0.39, 0.29) is 18.3 Å². The molecular formula is C12H18ClN3O. The Bertz CT molecular complexity index is 378. The second kappa shape index (κ2) is 6.59. The molecule has 1 saturated heterocycles. The Balaban J connectivity index is 0.00000144. The standard InChI is InChI=1S/C12H17N3O.ClH/c13-14-9-10-4-3-5-11(8-10)12(16)15-6-1-2-7-15;/h3-5,8,14H,1-2,6-7,9,13H2;1H. The highest BCUT2D eigenvalue weighted by molar-refractivity contribution is 5.94. The third-order valence-electron chi connectivity index (χ3n) is 2.87. The molecule has 5 heteroatoms. The summed E-state index contributed by atoms with van der Waals surface area (Å²) in [6.07, 6.45) is 2.24. The van der Waals surface area contributed by atoms with Crippen molar-refractivity contribution in [2.45, 2.75) is 19.4 Å². The molecule has 1 fully saturated rings. The number of carbonyl (C=O) groups excluding carboxylic acids is 1. The van der Waals surface area contributed by atoms with Gasteiger partial charge < -0.3 is 4.90 Å². The summed E-state index contributed by atoms with van der Waals surface area (Å²) in [6, 6.07) is 7.62. The molecule has 94 valence electrons. The predicted octanol–water partition coefficient (Wildman–Crippen LogP) is 1.31. The van der Waals surface area contributed by atoms with Crippen LogP contribution >= 0.6 is 12.4 Å². The number of hydrazine groups is 1. The normalized spacial score (nSPS) is 14.5. The molecule has 1 aromatic rings. The number of halogens is 1. The smallest absolute Gasteiger partial charge is 0.253 e. The molecule has 17 heavy (non-hydrogen) atoms. The topological polar surface area (TPSA) is 58.4 Å². The number of nitrogens with two attached hydrogens (primary N) is 1. The molecule has 0 saturated carbocycles. The lowest BCUT2D eigenvalue weighted by Crippen LogP contribution is -2.28. The summed E-state index contributed by atoms with van der Waals surface area (Å²) in [6.45, 7) is 2.36. The summed E-state index contributed by atoms with van der Waals surface area (Å²) in [5.74, 6) is 5.40. The van der Waals surface area contributed by atoms with Gasteiger partial charge in [-0.1, -0.05) is 12.1 Å². The van der Waals surface area contributed by atoms with Gasteiger partial charge in [0.25, 0.3) is 5.91 Å². The number of nitrogens with one attached hydrogen (secondary N) is 1. The Morgan fingerprint density at radius 1 is 1.35 bits per heavy atom. The Labute approximate surface area is 108 Å². The van der Waals surface area contributed by atoms with Gasteiger partial charge in [-0.25, -0.2) is 0 Å². The maximum Gasteiger partial charge on any atom is 0.253 e. The lowest BCUT2D eigenvalue weighted by Gasteiger charge is -2.15. The lowest BCUT2D eigenvalue weighted by molar-refractivity contribution is 0.0792. The van der Waals surface area contributed by atoms with Gasteiger partial charge in [0, 0.05) is 25.2 Å². The second-order valence-corrected chi connectivity index (χ2v) is 4.08. The van der Waals surface area contributed by atoms with E-state index in [0.717, 1.165) is 37.1 Å². The minimum Gasteiger partial charge on any atom is -0.339 e. The van der Waals surface area contributed by atoms with Crippen molar-refractivity contribution in [1.29, 1.82) is 0 Å². The van der Waals surface area contributed by atoms with Crippen LogP contribution in [0.3, 0.4) is 0 Å². The van der Waals surface area contributed by atoms with E-state index in [1.165, 1.54) is 0 Å². The number of hydrogen-bond acceptors (Lipinski definition) is 3. The molecule has 0 aromatic heterocycles. The highest BCUT2D eigenvalue weighted by atomic mass is 35.5. The van der Waals surface area contributed by atoms with Crippen molar-refractivity contribution in [3.63, 3.8) is 0 Å². The van der Waals surface area contributed by atoms with Crippen molar-refractivity contribution in [2.24, 2.45) is 5.84 Å². The molecule has 2 rings (SSSR count). The van der Waals surface area contributed by atoms with Crippen LogP contribution in [-0.2, 0) is 6.54 Å². The first-order valence-electron chi connectivity index (χ1n) is 5.63. The Morgan fingerprint density at radius 2 is 2.06 bits per heavy atom. The minimum atomic E-state index is 0. The van der Waals surface area contributed by atoms with E-state index in [4.69, 9.17) is 5.84 Å². The maximum atomic E-state index is 12.1. The van der Waals surface area contributed by atoms with Gasteiger partial charge in [-0.05, 0) is 30.5 Å². The van der Waals surface area contributed by atoms with Crippen molar-refractivity contribution in [3.8, 4) is 0 Å². The number of carbonyl (C=O) groups is 1. The molecule has 3 N–H and O–H groups in total. The Kier molecular flexibility index (Phi) is 5.41. The predicted molar refractivity (Wildman–Crippen MR) is 69.9 cm³/mol. The van der Waals surface area contributed by atoms with Crippen LogP contribution in [0.25, 0.3) is 0 Å². The van der Waals surface area contributed by atoms with Crippen LogP contribution in [0.4, 0.5) is 0 Å². The average Bonchev–Trinajstić information content (AvgIpc) is 2.82. The molecule has 4 nitrogen and oxygen atoms in total. The molecule has 0 aliphatic carbocycles. The molecular weight excluding hydrogens is 238 g/mol. The zero-order valence-electron chi connectivity index (χ0n) is 9.69. The van der Waals surface area contributed by atoms with Crippen molar-refractivity contribution in [1.82, 2.24) is 10.3 Å². The van der Waals surface area contributed by atoms with Gasteiger partial charge in [-0.15, -0.1) is 12.4 Å². The van der Waals surface area contributed by atoms with Crippen LogP contribution in [-0.4, -0.2) is 23.9 Å². The summed E-state index contributed by atoms with van der Waals surface area (Å²) in [5.41, 5.74) is 4.39. The van der Waals surface area contributed by atoms with Crippen LogP contribution in [0, 0.1) is 0 Å². The molecule has 0 atom stereocenters. The minimum absolute atomic E-state index is 0. The van der Waals surface area contributed by atoms with Gasteiger partial charge in [-0.3, -0.25) is 16.1 Å². The van der Waals surface area contributed by atoms with Gasteiger partial charge in [0.1, 0.15) is 0 Å². The quantitative estimate of drug-likeness (QED) is 0.633. The molecule has 1 amide bonds. The maximum absolute atomic E-state index is 12.1. The van der Waals surface area contributed by atoms with E-state index in [9.17, 15) is 4.79 Å². The number of benzene rings is 1. The van der Waals surface area contributed by atoms with Crippen LogP contribution in [0.2, 0.25) is 0 Å². The Morgan fingerprint density at radius 3 is 2.71 bits per heavy atom. The van der Waals surface area contributed by atoms with Gasteiger partial charge in [0.15, 0.2) is 0 Å². The molecule has 1 aromatic carbocycles. The van der Waals surface area contributed by atoms with Crippen LogP contribution in [0.15, 0.2) is 24.3 Å². The van der Waals surface area contributed by atoms with Crippen molar-refractivity contribution >= 4 is 18.3 Å². The monoisotopic (exact) mass is 255 g/mol. The molecule has 0 bridgehead atoms. The zero-order chi connectivity index (χ0) is 11.4. The summed E-state index contributed by atoms with van der Waals surface area (Å²) < 4.78 is 0. The van der Waals surface area contributed by atoms with E-state index < -0.39 is 0 Å². The molecule has 0 unspecified atom stereocenters. The van der Waals surface area contributed by atoms with Crippen molar-refractivity contribution in [3.05, 3.63) is 35.4 Å². The summed E-state index contributed by atoms with van der Waals surface area (Å²) in [5, 5.41) is 0. The summed E-state index contributed by atoms with van der Waals surface area (Å²) in [7, 11) is 0. The number of nitrogens with zero attached hydrogens (tertiary/aromatic N) is 1. The zero-order valence-corrected chi connectivity index (χ0v) is 10.5. The fraction of sp³-hybridized carbons (Fsp3) is 0.417. The number of hydrogen-bond donors (Lipinski definition) is 2. The lowest BCUT2D eigenvalue weighted by atomic mass is 10.1. The average molecular weight is 256 g/mol. The van der Waals surface area contributed by atoms with E-state index in [2.05, 4.69) is 5.43 Å². The summed E-state index contributed by atoms with van der Waals surface area (Å²) in [4.78, 5) is 14.0. The highest BCUT2D eigenvalue weighted by Gasteiger charge is 2.19. The first kappa shape index (κ1) is 14.0. The third-order valence-corrected chi connectivity index (χ3v) is 2.87. The number of rotatable bonds is 3. The first-order chi connectivity index (χ1) is 7.81. The number of likely N-dealkylation sites (tertiary alicyclic amines) is 1. The van der Waals surface area contributed by atoms with E-state index in [1.807, 2.05) is 29.2 Å². The molecule has 0 spiro atoms. The first-order valence-corrected chi connectivity index (χ1v) is 5.63. The van der Waals surface area contributed by atoms with Gasteiger partial charge in [0.05, 0.1) is 0 Å². The summed E-state index contributed by atoms with van der Waals surface area (Å²) >= 11 is 0. The molecule has 0 radical (unpaired) electrons. The Hall–Kier alpha value is -1.10. The number of amides is 1. The second-order valence-electron chi connectivity index (χ2n) is 4.08. The highest BCUT2D eigenvalue weighted by Crippen LogP contribution is 2.13. The van der Waals surface area contributed by atoms with Gasteiger partial charge in [0.2, 0.25) is 0 Å². The van der Waals surface area contributed by atoms with E-state index in [0.29, 0.717) is 6.54 Å². The van der Waals surface area contributed by atoms with E-state index in [1.54, 1.807) is 0 Å². The van der Waals surface area contributed by atoms with E-state index >= 15 is 0 Å². The fourth-order valence-corrected chi connectivity index (χ4v) is 2.03. The fourth-order valence-electron chi connectivity index (χ4n) is 2.03. The SMILES string of the molecule is Cl.NNCc1cccc(C(=O)N2CCCC2)c1. The molecule has 1 aliphatic rings. The van der Waals surface area contributed by atoms with Crippen molar-refractivity contribution < 1.29 is 4.79 Å². The van der Waals surface area contributed by atoms with Crippen molar-refractivity contribution in [2.75, 3.05) is 13.1 Å². The third kappa shape index (κ3) is 3.43. The largest absolute Gasteiger partial charge is 0.339 e. The molecule has 1 aliphatic heterocycles. The molecule has 1 heterocycles. The van der Waals surface area contributed by atoms with Gasteiger partial charge >= 0.3 is 0 Å². The van der Waals surface area contributed by atoms with Crippen LogP contribution in [0.5, 0.6) is 0 Å².